The van der Waals surface area contributed by atoms with Crippen molar-refractivity contribution in [1.29, 1.82) is 0 Å². The highest BCUT2D eigenvalue weighted by molar-refractivity contribution is 5.54. The molecule has 0 radical (unpaired) electrons. The molecule has 2 rings (SSSR count). The highest BCUT2D eigenvalue weighted by atomic mass is 19.1. The molecule has 1 nitrogen and oxygen atoms in total. The Morgan fingerprint density at radius 3 is 2.33 bits per heavy atom. The topological polar surface area (TPSA) is 12.0 Å². The maximum atomic E-state index is 13.3. The fraction of sp³-hybridized carbons (Fsp3) is 0.556. The predicted octanol–water partition coefficient (Wildman–Crippen LogP) is 4.93. The van der Waals surface area contributed by atoms with E-state index in [1.54, 1.807) is 0 Å². The second-order valence-electron chi connectivity index (χ2n) is 6.29. The van der Waals surface area contributed by atoms with Gasteiger partial charge >= 0.3 is 0 Å². The van der Waals surface area contributed by atoms with E-state index >= 15 is 0 Å². The molecule has 1 aromatic rings. The van der Waals surface area contributed by atoms with E-state index in [-0.39, 0.29) is 0 Å². The first-order valence-corrected chi connectivity index (χ1v) is 7.94. The molecule has 0 aromatic heterocycles. The summed E-state index contributed by atoms with van der Waals surface area (Å²) >= 11 is 0. The normalized spacial score (nSPS) is 17.5. The number of benzene rings is 1. The fourth-order valence-corrected chi connectivity index (χ4v) is 2.98. The molecule has 0 aliphatic heterocycles. The lowest BCUT2D eigenvalue weighted by atomic mass is 9.83. The molecule has 1 fully saturated rings. The Morgan fingerprint density at radius 1 is 1.14 bits per heavy atom. The molecule has 1 aliphatic carbocycles. The van der Waals surface area contributed by atoms with Gasteiger partial charge in [0.05, 0.1) is 0 Å². The predicted molar refractivity (Wildman–Crippen MR) is 84.0 cm³/mol. The van der Waals surface area contributed by atoms with Gasteiger partial charge in [-0.15, -0.1) is 0 Å². The molecule has 0 unspecified atom stereocenters. The SMILES string of the molecule is CC(C)NC/C(=C/c1cc(F)cc(F)c1)C1CCCCC1. The summed E-state index contributed by atoms with van der Waals surface area (Å²) in [4.78, 5) is 0. The average molecular weight is 293 g/mol. The van der Waals surface area contributed by atoms with Gasteiger partial charge in [-0.1, -0.05) is 44.8 Å². The van der Waals surface area contributed by atoms with Gasteiger partial charge in [-0.3, -0.25) is 0 Å². The lowest BCUT2D eigenvalue weighted by Crippen LogP contribution is -2.27. The number of hydrogen-bond acceptors (Lipinski definition) is 1. The molecule has 0 spiro atoms. The third kappa shape index (κ3) is 5.24. The molecule has 1 aromatic carbocycles. The number of rotatable bonds is 5. The van der Waals surface area contributed by atoms with E-state index < -0.39 is 11.6 Å². The van der Waals surface area contributed by atoms with E-state index in [1.807, 2.05) is 6.08 Å². The molecular formula is C18H25F2N. The molecule has 21 heavy (non-hydrogen) atoms. The minimum Gasteiger partial charge on any atom is -0.311 e. The van der Waals surface area contributed by atoms with Crippen LogP contribution in [-0.2, 0) is 0 Å². The van der Waals surface area contributed by atoms with Crippen molar-refractivity contribution in [2.45, 2.75) is 52.0 Å². The monoisotopic (exact) mass is 293 g/mol. The van der Waals surface area contributed by atoms with Crippen LogP contribution in [0.3, 0.4) is 0 Å². The summed E-state index contributed by atoms with van der Waals surface area (Å²) in [5, 5.41) is 3.44. The molecule has 0 amide bonds. The van der Waals surface area contributed by atoms with Crippen molar-refractivity contribution >= 4 is 6.08 Å². The Labute approximate surface area is 126 Å². The van der Waals surface area contributed by atoms with E-state index in [1.165, 1.54) is 49.8 Å². The highest BCUT2D eigenvalue weighted by Gasteiger charge is 2.18. The van der Waals surface area contributed by atoms with Crippen molar-refractivity contribution in [1.82, 2.24) is 5.32 Å². The Hall–Kier alpha value is -1.22. The van der Waals surface area contributed by atoms with Gasteiger partial charge in [0.25, 0.3) is 0 Å². The quantitative estimate of drug-likeness (QED) is 0.812. The summed E-state index contributed by atoms with van der Waals surface area (Å²) in [6.45, 7) is 5.02. The molecule has 1 saturated carbocycles. The molecular weight excluding hydrogens is 268 g/mol. The van der Waals surface area contributed by atoms with E-state index in [4.69, 9.17) is 0 Å². The maximum absolute atomic E-state index is 13.3. The smallest absolute Gasteiger partial charge is 0.126 e. The minimum absolute atomic E-state index is 0.404. The van der Waals surface area contributed by atoms with Gasteiger partial charge in [-0.2, -0.15) is 0 Å². The van der Waals surface area contributed by atoms with Crippen LogP contribution in [-0.4, -0.2) is 12.6 Å². The van der Waals surface area contributed by atoms with E-state index in [0.29, 0.717) is 17.5 Å². The zero-order valence-corrected chi connectivity index (χ0v) is 13.0. The number of hydrogen-bond donors (Lipinski definition) is 1. The van der Waals surface area contributed by atoms with E-state index in [2.05, 4.69) is 19.2 Å². The van der Waals surface area contributed by atoms with Crippen LogP contribution in [0.2, 0.25) is 0 Å². The largest absolute Gasteiger partial charge is 0.311 e. The number of nitrogens with one attached hydrogen (secondary N) is 1. The van der Waals surface area contributed by atoms with Crippen LogP contribution in [0.5, 0.6) is 0 Å². The summed E-state index contributed by atoms with van der Waals surface area (Å²) in [6.07, 6.45) is 8.14. The van der Waals surface area contributed by atoms with Crippen molar-refractivity contribution in [2.75, 3.05) is 6.54 Å². The van der Waals surface area contributed by atoms with Crippen molar-refractivity contribution < 1.29 is 8.78 Å². The first kappa shape index (κ1) is 16.2. The lowest BCUT2D eigenvalue weighted by molar-refractivity contribution is 0.394. The maximum Gasteiger partial charge on any atom is 0.126 e. The van der Waals surface area contributed by atoms with Crippen molar-refractivity contribution in [2.24, 2.45) is 5.92 Å². The van der Waals surface area contributed by atoms with Gasteiger partial charge in [0.1, 0.15) is 11.6 Å². The average Bonchev–Trinajstić information content (AvgIpc) is 2.43. The van der Waals surface area contributed by atoms with Crippen molar-refractivity contribution in [3.05, 3.63) is 41.0 Å². The molecule has 0 heterocycles. The third-order valence-electron chi connectivity index (χ3n) is 4.08. The molecule has 1 N–H and O–H groups in total. The summed E-state index contributed by atoms with van der Waals surface area (Å²) < 4.78 is 26.7. The lowest BCUT2D eigenvalue weighted by Gasteiger charge is -2.25. The molecule has 0 atom stereocenters. The minimum atomic E-state index is -0.513. The van der Waals surface area contributed by atoms with Gasteiger partial charge in [-0.25, -0.2) is 8.78 Å². The van der Waals surface area contributed by atoms with Crippen LogP contribution >= 0.6 is 0 Å². The van der Waals surface area contributed by atoms with Crippen LogP contribution < -0.4 is 5.32 Å². The summed E-state index contributed by atoms with van der Waals surface area (Å²) in [6, 6.07) is 4.13. The van der Waals surface area contributed by atoms with Crippen molar-refractivity contribution in [3.8, 4) is 0 Å². The van der Waals surface area contributed by atoms with Crippen molar-refractivity contribution in [3.63, 3.8) is 0 Å². The number of halogens is 2. The van der Waals surface area contributed by atoms with E-state index in [0.717, 1.165) is 12.6 Å². The second-order valence-corrected chi connectivity index (χ2v) is 6.29. The van der Waals surface area contributed by atoms with Gasteiger partial charge in [0, 0.05) is 18.7 Å². The highest BCUT2D eigenvalue weighted by Crippen LogP contribution is 2.30. The fourth-order valence-electron chi connectivity index (χ4n) is 2.98. The molecule has 1 aliphatic rings. The van der Waals surface area contributed by atoms with Gasteiger partial charge in [0.2, 0.25) is 0 Å². The Morgan fingerprint density at radius 2 is 1.76 bits per heavy atom. The first-order valence-electron chi connectivity index (χ1n) is 7.94. The standard InChI is InChI=1S/C18H25F2N/c1-13(2)21-12-16(15-6-4-3-5-7-15)8-14-9-17(19)11-18(20)10-14/h8-11,13,15,21H,3-7,12H2,1-2H3/b16-8-. The second kappa shape index (κ2) is 7.69. The van der Waals surface area contributed by atoms with Crippen LogP contribution in [0, 0.1) is 17.6 Å². The van der Waals surface area contributed by atoms with Crippen LogP contribution in [0.1, 0.15) is 51.5 Å². The van der Waals surface area contributed by atoms with Crippen LogP contribution in [0.15, 0.2) is 23.8 Å². The molecule has 0 saturated heterocycles. The molecule has 116 valence electrons. The zero-order valence-electron chi connectivity index (χ0n) is 13.0. The van der Waals surface area contributed by atoms with Gasteiger partial charge < -0.3 is 5.32 Å². The van der Waals surface area contributed by atoms with Gasteiger partial charge in [0.15, 0.2) is 0 Å². The first-order chi connectivity index (χ1) is 10.0. The van der Waals surface area contributed by atoms with Crippen LogP contribution in [0.4, 0.5) is 8.78 Å². The van der Waals surface area contributed by atoms with Gasteiger partial charge in [-0.05, 0) is 36.5 Å². The molecule has 3 heteroatoms. The Balaban J connectivity index is 2.21. The Kier molecular flexibility index (Phi) is 5.92. The summed E-state index contributed by atoms with van der Waals surface area (Å²) in [5.41, 5.74) is 1.90. The van der Waals surface area contributed by atoms with Crippen LogP contribution in [0.25, 0.3) is 6.08 Å². The zero-order chi connectivity index (χ0) is 15.2. The Bertz CT molecular complexity index is 468. The summed E-state index contributed by atoms with van der Waals surface area (Å²) in [5.74, 6) is -0.488. The molecule has 0 bridgehead atoms. The summed E-state index contributed by atoms with van der Waals surface area (Å²) in [7, 11) is 0. The van der Waals surface area contributed by atoms with E-state index in [9.17, 15) is 8.78 Å². The third-order valence-corrected chi connectivity index (χ3v) is 4.08.